The monoisotopic (exact) mass is 280 g/mol. The van der Waals surface area contributed by atoms with Gasteiger partial charge < -0.3 is 9.47 Å². The molecule has 19 heavy (non-hydrogen) atoms. The van der Waals surface area contributed by atoms with Crippen LogP contribution >= 0.6 is 11.6 Å². The summed E-state index contributed by atoms with van der Waals surface area (Å²) in [6, 6.07) is 7.69. The molecule has 5 heteroatoms. The minimum absolute atomic E-state index is 0.386. The third-order valence-corrected chi connectivity index (χ3v) is 3.18. The number of methoxy groups -OCH3 is 1. The maximum atomic E-state index is 5.93. The predicted molar refractivity (Wildman–Crippen MR) is 74.8 cm³/mol. The number of benzene rings is 1. The zero-order chi connectivity index (χ0) is 13.8. The molecule has 2 aromatic rings. The van der Waals surface area contributed by atoms with Crippen molar-refractivity contribution in [2.45, 2.75) is 19.4 Å². The zero-order valence-electron chi connectivity index (χ0n) is 11.3. The second kappa shape index (κ2) is 5.97. The molecule has 102 valence electrons. The van der Waals surface area contributed by atoms with Crippen molar-refractivity contribution in [3.8, 4) is 11.5 Å². The van der Waals surface area contributed by atoms with Gasteiger partial charge in [0.05, 0.1) is 24.4 Å². The Kier molecular flexibility index (Phi) is 4.32. The molecule has 4 nitrogen and oxygen atoms in total. The summed E-state index contributed by atoms with van der Waals surface area (Å²) in [7, 11) is 3.52. The molecular weight excluding hydrogens is 264 g/mol. The molecule has 0 saturated carbocycles. The molecule has 0 radical (unpaired) electrons. The number of halogens is 1. The first-order valence-corrected chi connectivity index (χ1v) is 6.53. The van der Waals surface area contributed by atoms with E-state index in [9.17, 15) is 0 Å². The highest BCUT2D eigenvalue weighted by atomic mass is 35.5. The fourth-order valence-electron chi connectivity index (χ4n) is 1.94. The number of rotatable bonds is 5. The summed E-state index contributed by atoms with van der Waals surface area (Å²) in [6.45, 7) is 2.39. The molecule has 0 unspecified atom stereocenters. The van der Waals surface area contributed by atoms with E-state index in [2.05, 4.69) is 5.10 Å². The van der Waals surface area contributed by atoms with Crippen LogP contribution in [0, 0.1) is 6.92 Å². The molecule has 1 aromatic carbocycles. The normalized spacial score (nSPS) is 10.5. The molecule has 0 N–H and O–H groups in total. The highest BCUT2D eigenvalue weighted by Gasteiger charge is 2.11. The van der Waals surface area contributed by atoms with E-state index >= 15 is 0 Å². The summed E-state index contributed by atoms with van der Waals surface area (Å²) in [4.78, 5) is 0. The summed E-state index contributed by atoms with van der Waals surface area (Å²) < 4.78 is 13.0. The first-order valence-electron chi connectivity index (χ1n) is 6.00. The van der Waals surface area contributed by atoms with Crippen LogP contribution in [-0.2, 0) is 19.5 Å². The topological polar surface area (TPSA) is 36.3 Å². The van der Waals surface area contributed by atoms with Crippen molar-refractivity contribution in [3.05, 3.63) is 41.2 Å². The van der Waals surface area contributed by atoms with Crippen molar-refractivity contribution in [1.82, 2.24) is 9.78 Å². The van der Waals surface area contributed by atoms with Crippen LogP contribution in [0.5, 0.6) is 11.5 Å². The van der Waals surface area contributed by atoms with E-state index in [-0.39, 0.29) is 0 Å². The predicted octanol–water partition coefficient (Wildman–Crippen LogP) is 3.05. The van der Waals surface area contributed by atoms with Gasteiger partial charge in [0.15, 0.2) is 11.5 Å². The summed E-state index contributed by atoms with van der Waals surface area (Å²) in [6.07, 6.45) is 0. The second-order valence-corrected chi connectivity index (χ2v) is 4.54. The zero-order valence-corrected chi connectivity index (χ0v) is 12.1. The standard InChI is InChI=1S/C14H17ClN2O2/c1-10-7-12(17(2)16-10)9-19-14-11(8-15)5-4-6-13(14)18-3/h4-7H,8-9H2,1-3H3. The molecule has 1 heterocycles. The molecule has 0 spiro atoms. The summed E-state index contributed by atoms with van der Waals surface area (Å²) in [5.74, 6) is 1.77. The minimum Gasteiger partial charge on any atom is -0.493 e. The van der Waals surface area contributed by atoms with Crippen LogP contribution in [-0.4, -0.2) is 16.9 Å². The minimum atomic E-state index is 0.386. The van der Waals surface area contributed by atoms with E-state index in [0.29, 0.717) is 24.0 Å². The van der Waals surface area contributed by atoms with E-state index < -0.39 is 0 Å². The molecule has 0 aliphatic carbocycles. The Morgan fingerprint density at radius 2 is 2.16 bits per heavy atom. The smallest absolute Gasteiger partial charge is 0.166 e. The van der Waals surface area contributed by atoms with Gasteiger partial charge in [-0.1, -0.05) is 12.1 Å². The number of hydrogen-bond donors (Lipinski definition) is 0. The molecule has 0 fully saturated rings. The highest BCUT2D eigenvalue weighted by molar-refractivity contribution is 6.17. The van der Waals surface area contributed by atoms with Crippen LogP contribution in [0.25, 0.3) is 0 Å². The third-order valence-electron chi connectivity index (χ3n) is 2.89. The number of aryl methyl sites for hydroxylation is 2. The third kappa shape index (κ3) is 3.01. The maximum Gasteiger partial charge on any atom is 0.166 e. The largest absolute Gasteiger partial charge is 0.493 e. The Morgan fingerprint density at radius 1 is 1.37 bits per heavy atom. The van der Waals surface area contributed by atoms with Crippen LogP contribution in [0.4, 0.5) is 0 Å². The van der Waals surface area contributed by atoms with Crippen molar-refractivity contribution in [3.63, 3.8) is 0 Å². The van der Waals surface area contributed by atoms with Gasteiger partial charge in [0.25, 0.3) is 0 Å². The van der Waals surface area contributed by atoms with Crippen LogP contribution in [0.15, 0.2) is 24.3 Å². The molecule has 0 saturated heterocycles. The summed E-state index contributed by atoms with van der Waals surface area (Å²) >= 11 is 5.93. The average Bonchev–Trinajstić information content (AvgIpc) is 2.74. The fraction of sp³-hybridized carbons (Fsp3) is 0.357. The van der Waals surface area contributed by atoms with E-state index in [1.165, 1.54) is 0 Å². The number of alkyl halides is 1. The lowest BCUT2D eigenvalue weighted by Gasteiger charge is -2.13. The van der Waals surface area contributed by atoms with Crippen LogP contribution in [0.3, 0.4) is 0 Å². The maximum absolute atomic E-state index is 5.93. The van der Waals surface area contributed by atoms with Gasteiger partial charge in [0.2, 0.25) is 0 Å². The van der Waals surface area contributed by atoms with Gasteiger partial charge in [0, 0.05) is 12.6 Å². The Labute approximate surface area is 117 Å². The van der Waals surface area contributed by atoms with Gasteiger partial charge in [-0.15, -0.1) is 11.6 Å². The Balaban J connectivity index is 2.21. The van der Waals surface area contributed by atoms with Crippen LogP contribution < -0.4 is 9.47 Å². The van der Waals surface area contributed by atoms with E-state index in [1.54, 1.807) is 7.11 Å². The van der Waals surface area contributed by atoms with Crippen molar-refractivity contribution < 1.29 is 9.47 Å². The van der Waals surface area contributed by atoms with Crippen LogP contribution in [0.1, 0.15) is 17.0 Å². The molecule has 0 aliphatic rings. The Hall–Kier alpha value is -1.68. The fourth-order valence-corrected chi connectivity index (χ4v) is 2.15. The van der Waals surface area contributed by atoms with Gasteiger partial charge >= 0.3 is 0 Å². The Bertz CT molecular complexity index is 544. The lowest BCUT2D eigenvalue weighted by atomic mass is 10.2. The van der Waals surface area contributed by atoms with Gasteiger partial charge in [-0.3, -0.25) is 4.68 Å². The van der Waals surface area contributed by atoms with Crippen molar-refractivity contribution in [1.29, 1.82) is 0 Å². The van der Waals surface area contributed by atoms with Gasteiger partial charge in [-0.25, -0.2) is 0 Å². The van der Waals surface area contributed by atoms with Gasteiger partial charge in [0.1, 0.15) is 6.61 Å². The number of hydrogen-bond acceptors (Lipinski definition) is 3. The Morgan fingerprint density at radius 3 is 2.74 bits per heavy atom. The van der Waals surface area contributed by atoms with Gasteiger partial charge in [-0.2, -0.15) is 5.10 Å². The molecule has 0 bridgehead atoms. The number of ether oxygens (including phenoxy) is 2. The van der Waals surface area contributed by atoms with Crippen molar-refractivity contribution in [2.75, 3.05) is 7.11 Å². The highest BCUT2D eigenvalue weighted by Crippen LogP contribution is 2.32. The first kappa shape index (κ1) is 13.7. The number of aromatic nitrogens is 2. The quantitative estimate of drug-likeness (QED) is 0.790. The molecule has 2 rings (SSSR count). The molecule has 1 aromatic heterocycles. The SMILES string of the molecule is COc1cccc(CCl)c1OCc1cc(C)nn1C. The van der Waals surface area contributed by atoms with Gasteiger partial charge in [-0.05, 0) is 19.1 Å². The second-order valence-electron chi connectivity index (χ2n) is 4.27. The lowest BCUT2D eigenvalue weighted by Crippen LogP contribution is -2.05. The van der Waals surface area contributed by atoms with Crippen molar-refractivity contribution in [2.24, 2.45) is 7.05 Å². The van der Waals surface area contributed by atoms with E-state index in [1.807, 2.05) is 42.9 Å². The average molecular weight is 281 g/mol. The lowest BCUT2D eigenvalue weighted by molar-refractivity contribution is 0.273. The van der Waals surface area contributed by atoms with Crippen LogP contribution in [0.2, 0.25) is 0 Å². The number of para-hydroxylation sites is 1. The molecule has 0 amide bonds. The van der Waals surface area contributed by atoms with E-state index in [4.69, 9.17) is 21.1 Å². The summed E-state index contributed by atoms with van der Waals surface area (Å²) in [5, 5.41) is 4.29. The molecular formula is C14H17ClN2O2. The van der Waals surface area contributed by atoms with E-state index in [0.717, 1.165) is 17.0 Å². The van der Waals surface area contributed by atoms with Crippen molar-refractivity contribution >= 4 is 11.6 Å². The molecule has 0 aliphatic heterocycles. The molecule has 0 atom stereocenters. The number of nitrogens with zero attached hydrogens (tertiary/aromatic N) is 2. The summed E-state index contributed by atoms with van der Waals surface area (Å²) in [5.41, 5.74) is 2.89. The first-order chi connectivity index (χ1) is 9.15.